The van der Waals surface area contributed by atoms with Gasteiger partial charge in [0.15, 0.2) is 0 Å². The van der Waals surface area contributed by atoms with Crippen LogP contribution in [0, 0.1) is 5.92 Å². The number of nitrogens with zero attached hydrogens (tertiary/aromatic N) is 4. The Balaban J connectivity index is 1.39. The van der Waals surface area contributed by atoms with E-state index < -0.39 is 6.23 Å². The molecule has 2 aliphatic rings. The molecule has 1 amide bonds. The lowest BCUT2D eigenvalue weighted by molar-refractivity contribution is -0.129. The summed E-state index contributed by atoms with van der Waals surface area (Å²) in [4.78, 5) is 24.6. The Morgan fingerprint density at radius 1 is 1.27 bits per heavy atom. The van der Waals surface area contributed by atoms with E-state index in [1.165, 1.54) is 0 Å². The molecule has 2 atom stereocenters. The number of carbonyl (C=O) groups excluding carboxylic acids is 1. The van der Waals surface area contributed by atoms with Crippen molar-refractivity contribution >= 4 is 29.0 Å². The predicted octanol–water partition coefficient (Wildman–Crippen LogP) is 1.25. The highest BCUT2D eigenvalue weighted by Gasteiger charge is 2.19. The van der Waals surface area contributed by atoms with Crippen molar-refractivity contribution in [2.45, 2.75) is 26.0 Å². The number of anilines is 4. The molecular weight excluding hydrogens is 420 g/mol. The third-order valence-corrected chi connectivity index (χ3v) is 6.31. The fraction of sp³-hybridized carbons (Fsp3) is 0.522. The maximum Gasteiger partial charge on any atom is 0.229 e. The van der Waals surface area contributed by atoms with E-state index in [0.717, 1.165) is 70.0 Å². The molecule has 2 saturated heterocycles. The number of rotatable bonds is 7. The number of aliphatic hydroxyl groups excluding tert-OH is 1. The van der Waals surface area contributed by atoms with Crippen LogP contribution in [0.4, 0.5) is 23.1 Å². The largest absolute Gasteiger partial charge is 0.374 e. The Morgan fingerprint density at radius 2 is 2.03 bits per heavy atom. The summed E-state index contributed by atoms with van der Waals surface area (Å²) in [5.41, 5.74) is 8.18. The summed E-state index contributed by atoms with van der Waals surface area (Å²) in [6.07, 6.45) is 2.74. The third kappa shape index (κ3) is 6.10. The van der Waals surface area contributed by atoms with Crippen molar-refractivity contribution in [2.24, 2.45) is 11.7 Å². The van der Waals surface area contributed by atoms with Gasteiger partial charge in [-0.15, -0.1) is 0 Å². The fourth-order valence-corrected chi connectivity index (χ4v) is 4.31. The van der Waals surface area contributed by atoms with Crippen LogP contribution in [0.1, 0.15) is 31.6 Å². The number of hydrogen-bond donors (Lipinski definition) is 5. The highest BCUT2D eigenvalue weighted by Crippen LogP contribution is 2.24. The molecule has 178 valence electrons. The van der Waals surface area contributed by atoms with Crippen molar-refractivity contribution in [3.63, 3.8) is 0 Å². The molecule has 4 rings (SSSR count). The van der Waals surface area contributed by atoms with Crippen molar-refractivity contribution in [3.8, 4) is 0 Å². The summed E-state index contributed by atoms with van der Waals surface area (Å²) in [5, 5.41) is 19.9. The summed E-state index contributed by atoms with van der Waals surface area (Å²) in [6, 6.07) is 8.09. The van der Waals surface area contributed by atoms with Gasteiger partial charge in [0, 0.05) is 57.2 Å². The van der Waals surface area contributed by atoms with Crippen LogP contribution < -0.4 is 26.6 Å². The third-order valence-electron chi connectivity index (χ3n) is 6.31. The van der Waals surface area contributed by atoms with E-state index in [-0.39, 0.29) is 5.91 Å². The van der Waals surface area contributed by atoms with Gasteiger partial charge in [-0.1, -0.05) is 0 Å². The number of nitrogens with one attached hydrogen (secondary N) is 3. The number of piperidine rings is 1. The molecule has 1 aromatic carbocycles. The van der Waals surface area contributed by atoms with E-state index in [0.29, 0.717) is 23.2 Å². The first-order chi connectivity index (χ1) is 16.0. The number of benzene rings is 1. The zero-order valence-corrected chi connectivity index (χ0v) is 19.1. The van der Waals surface area contributed by atoms with Gasteiger partial charge in [-0.05, 0) is 56.1 Å². The maximum absolute atomic E-state index is 11.5. The molecule has 0 aliphatic carbocycles. The zero-order valence-electron chi connectivity index (χ0n) is 19.1. The molecular formula is C23H34N8O2. The maximum atomic E-state index is 11.5. The lowest BCUT2D eigenvalue weighted by atomic mass is 10.00. The lowest BCUT2D eigenvalue weighted by Crippen LogP contribution is -2.48. The molecule has 3 heterocycles. The number of hydrogen-bond acceptors (Lipinski definition) is 9. The molecule has 10 nitrogen and oxygen atoms in total. The second kappa shape index (κ2) is 10.8. The van der Waals surface area contributed by atoms with Crippen LogP contribution in [-0.4, -0.2) is 71.7 Å². The Bertz CT molecular complexity index is 923. The number of aromatic nitrogens is 2. The van der Waals surface area contributed by atoms with Crippen molar-refractivity contribution in [1.82, 2.24) is 20.2 Å². The van der Waals surface area contributed by atoms with Crippen molar-refractivity contribution in [1.29, 1.82) is 0 Å². The SMILES string of the molecule is CC(=O)N1CCN(c2ccc(Nc3ncc(C(N)O)c(NCC4CCCNC4)n3)cc2)CC1. The van der Waals surface area contributed by atoms with Crippen LogP contribution in [0.15, 0.2) is 30.5 Å². The smallest absolute Gasteiger partial charge is 0.229 e. The number of nitrogens with two attached hydrogens (primary N) is 1. The number of amides is 1. The minimum absolute atomic E-state index is 0.131. The van der Waals surface area contributed by atoms with Crippen LogP contribution in [0.2, 0.25) is 0 Å². The van der Waals surface area contributed by atoms with E-state index >= 15 is 0 Å². The Hall–Kier alpha value is -2.95. The minimum atomic E-state index is -1.14. The highest BCUT2D eigenvalue weighted by molar-refractivity contribution is 5.73. The summed E-state index contributed by atoms with van der Waals surface area (Å²) in [6.45, 7) is 7.55. The quantitative estimate of drug-likeness (QED) is 0.392. The summed E-state index contributed by atoms with van der Waals surface area (Å²) >= 11 is 0. The van der Waals surface area contributed by atoms with E-state index in [4.69, 9.17) is 5.73 Å². The average molecular weight is 455 g/mol. The van der Waals surface area contributed by atoms with Gasteiger partial charge < -0.3 is 36.6 Å². The molecule has 10 heteroatoms. The zero-order chi connectivity index (χ0) is 23.2. The van der Waals surface area contributed by atoms with E-state index in [1.54, 1.807) is 13.1 Å². The van der Waals surface area contributed by atoms with Gasteiger partial charge in [-0.2, -0.15) is 4.98 Å². The summed E-state index contributed by atoms with van der Waals surface area (Å²) in [7, 11) is 0. The van der Waals surface area contributed by atoms with Crippen molar-refractivity contribution in [2.75, 3.05) is 61.3 Å². The number of aliphatic hydroxyl groups is 1. The van der Waals surface area contributed by atoms with Gasteiger partial charge in [-0.3, -0.25) is 4.79 Å². The molecule has 2 aliphatic heterocycles. The van der Waals surface area contributed by atoms with Gasteiger partial charge in [0.1, 0.15) is 12.0 Å². The Morgan fingerprint density at radius 3 is 2.67 bits per heavy atom. The second-order valence-electron chi connectivity index (χ2n) is 8.70. The van der Waals surface area contributed by atoms with E-state index in [2.05, 4.69) is 43.0 Å². The summed E-state index contributed by atoms with van der Waals surface area (Å²) < 4.78 is 0. The van der Waals surface area contributed by atoms with Gasteiger partial charge in [0.2, 0.25) is 11.9 Å². The van der Waals surface area contributed by atoms with Gasteiger partial charge in [-0.25, -0.2) is 4.98 Å². The van der Waals surface area contributed by atoms with Crippen LogP contribution >= 0.6 is 0 Å². The van der Waals surface area contributed by atoms with E-state index in [1.807, 2.05) is 17.0 Å². The highest BCUT2D eigenvalue weighted by atomic mass is 16.3. The molecule has 2 aromatic rings. The first-order valence-corrected chi connectivity index (χ1v) is 11.6. The Kier molecular flexibility index (Phi) is 7.58. The standard InChI is InChI=1S/C23H34N8O2/c1-16(32)30-9-11-31(12-10-30)19-6-4-18(5-7-19)28-23-27-15-20(21(24)33)22(29-23)26-14-17-3-2-8-25-13-17/h4-7,15,17,21,25,33H,2-3,8-14,24H2,1H3,(H2,26,27,28,29). The van der Waals surface area contributed by atoms with Crippen LogP contribution in [-0.2, 0) is 4.79 Å². The van der Waals surface area contributed by atoms with Crippen LogP contribution in [0.5, 0.6) is 0 Å². The van der Waals surface area contributed by atoms with Gasteiger partial charge in [0.05, 0.1) is 5.56 Å². The molecule has 2 unspecified atom stereocenters. The van der Waals surface area contributed by atoms with E-state index in [9.17, 15) is 9.90 Å². The predicted molar refractivity (Wildman–Crippen MR) is 129 cm³/mol. The number of carbonyl (C=O) groups is 1. The van der Waals surface area contributed by atoms with Crippen LogP contribution in [0.25, 0.3) is 0 Å². The van der Waals surface area contributed by atoms with Crippen molar-refractivity contribution < 1.29 is 9.90 Å². The first-order valence-electron chi connectivity index (χ1n) is 11.6. The van der Waals surface area contributed by atoms with Gasteiger partial charge >= 0.3 is 0 Å². The molecule has 1 aromatic heterocycles. The molecule has 2 fully saturated rings. The monoisotopic (exact) mass is 454 g/mol. The fourth-order valence-electron chi connectivity index (χ4n) is 4.31. The molecule has 0 saturated carbocycles. The molecule has 0 radical (unpaired) electrons. The Labute approximate surface area is 194 Å². The normalized spacial score (nSPS) is 19.8. The molecule has 0 spiro atoms. The van der Waals surface area contributed by atoms with Gasteiger partial charge in [0.25, 0.3) is 0 Å². The summed E-state index contributed by atoms with van der Waals surface area (Å²) in [5.74, 6) is 1.63. The minimum Gasteiger partial charge on any atom is -0.374 e. The van der Waals surface area contributed by atoms with Crippen molar-refractivity contribution in [3.05, 3.63) is 36.0 Å². The molecule has 0 bridgehead atoms. The topological polar surface area (TPSA) is 132 Å². The first kappa shape index (κ1) is 23.2. The molecule has 6 N–H and O–H groups in total. The second-order valence-corrected chi connectivity index (χ2v) is 8.70. The lowest BCUT2D eigenvalue weighted by Gasteiger charge is -2.35. The number of piperazine rings is 1. The average Bonchev–Trinajstić information content (AvgIpc) is 2.84. The molecule has 33 heavy (non-hydrogen) atoms. The van der Waals surface area contributed by atoms with Crippen LogP contribution in [0.3, 0.4) is 0 Å².